The number of rotatable bonds is 9. The van der Waals surface area contributed by atoms with Crippen molar-refractivity contribution in [2.45, 2.75) is 19.6 Å². The van der Waals surface area contributed by atoms with Crippen LogP contribution in [0.2, 0.25) is 0 Å². The largest absolute Gasteiger partial charge is 0.493 e. The molecule has 0 aromatic heterocycles. The fraction of sp³-hybridized carbons (Fsp3) is 0.143. The van der Waals surface area contributed by atoms with Gasteiger partial charge >= 0.3 is 6.03 Å². The van der Waals surface area contributed by atoms with Crippen LogP contribution in [0.4, 0.5) is 9.18 Å². The van der Waals surface area contributed by atoms with Crippen LogP contribution in [-0.4, -0.2) is 23.9 Å². The number of hydrogen-bond donors (Lipinski definition) is 1. The zero-order valence-corrected chi connectivity index (χ0v) is 21.2. The minimum atomic E-state index is -0.609. The minimum Gasteiger partial charge on any atom is -0.493 e. The van der Waals surface area contributed by atoms with Gasteiger partial charge in [-0.2, -0.15) is 0 Å². The third-order valence-corrected chi connectivity index (χ3v) is 6.12. The molecular formula is C28H24BrFN2O4. The monoisotopic (exact) mass is 550 g/mol. The molecule has 3 aromatic rings. The van der Waals surface area contributed by atoms with E-state index in [1.165, 1.54) is 19.2 Å². The van der Waals surface area contributed by atoms with Crippen molar-refractivity contribution < 1.29 is 23.5 Å². The van der Waals surface area contributed by atoms with Crippen LogP contribution in [0.1, 0.15) is 22.3 Å². The number of ether oxygens (including phenoxy) is 2. The normalized spacial score (nSPS) is 14.2. The third kappa shape index (κ3) is 5.66. The first kappa shape index (κ1) is 25.2. The van der Waals surface area contributed by atoms with Crippen LogP contribution in [0.15, 0.2) is 83.5 Å². The summed E-state index contributed by atoms with van der Waals surface area (Å²) in [5.74, 6) is 0.0415. The molecule has 0 radical (unpaired) electrons. The highest BCUT2D eigenvalue weighted by atomic mass is 79.9. The average Bonchev–Trinajstić information content (AvgIpc) is 3.12. The van der Waals surface area contributed by atoms with E-state index in [0.717, 1.165) is 20.5 Å². The zero-order chi connectivity index (χ0) is 25.7. The predicted octanol–water partition coefficient (Wildman–Crippen LogP) is 6.00. The number of nitrogens with one attached hydrogen (secondary N) is 1. The van der Waals surface area contributed by atoms with Gasteiger partial charge in [-0.1, -0.05) is 52.3 Å². The smallest absolute Gasteiger partial charge is 0.329 e. The number of hydrogen-bond acceptors (Lipinski definition) is 4. The third-order valence-electron chi connectivity index (χ3n) is 5.59. The highest BCUT2D eigenvalue weighted by Crippen LogP contribution is 2.35. The standard InChI is InChI=1S/C28H24BrFN2O4/c1-3-6-20-13-19(15-25(35-2)26(20)36-17-18-9-11-22(29)12-10-18)14-24-27(33)32(28(34)31-24)16-21-7-4-5-8-23(21)30/h3-5,7-15H,1,6,16-17H2,2H3,(H,31,34)/b24-14+. The molecule has 0 bridgehead atoms. The Kier molecular flexibility index (Phi) is 7.85. The van der Waals surface area contributed by atoms with Crippen LogP contribution in [-0.2, 0) is 24.4 Å². The summed E-state index contributed by atoms with van der Waals surface area (Å²) in [6.45, 7) is 4.00. The topological polar surface area (TPSA) is 67.9 Å². The predicted molar refractivity (Wildman–Crippen MR) is 139 cm³/mol. The van der Waals surface area contributed by atoms with Gasteiger partial charge in [0.05, 0.1) is 13.7 Å². The Labute approximate surface area is 217 Å². The van der Waals surface area contributed by atoms with Crippen molar-refractivity contribution in [3.05, 3.63) is 112 Å². The van der Waals surface area contributed by atoms with Gasteiger partial charge in [-0.25, -0.2) is 9.18 Å². The van der Waals surface area contributed by atoms with E-state index >= 15 is 0 Å². The molecule has 0 atom stereocenters. The molecule has 1 heterocycles. The van der Waals surface area contributed by atoms with Crippen molar-refractivity contribution in [3.8, 4) is 11.5 Å². The molecule has 1 fully saturated rings. The molecule has 0 unspecified atom stereocenters. The van der Waals surface area contributed by atoms with Gasteiger partial charge in [0.25, 0.3) is 5.91 Å². The molecular weight excluding hydrogens is 527 g/mol. The van der Waals surface area contributed by atoms with E-state index in [-0.39, 0.29) is 17.8 Å². The second-order valence-electron chi connectivity index (χ2n) is 8.09. The highest BCUT2D eigenvalue weighted by Gasteiger charge is 2.34. The lowest BCUT2D eigenvalue weighted by Gasteiger charge is -2.16. The summed E-state index contributed by atoms with van der Waals surface area (Å²) in [6.07, 6.45) is 3.81. The average molecular weight is 551 g/mol. The maximum atomic E-state index is 14.0. The van der Waals surface area contributed by atoms with E-state index in [4.69, 9.17) is 9.47 Å². The maximum absolute atomic E-state index is 14.0. The van der Waals surface area contributed by atoms with Crippen molar-refractivity contribution in [2.24, 2.45) is 0 Å². The van der Waals surface area contributed by atoms with Crippen molar-refractivity contribution in [1.29, 1.82) is 0 Å². The molecule has 8 heteroatoms. The van der Waals surface area contributed by atoms with Crippen molar-refractivity contribution in [3.63, 3.8) is 0 Å². The van der Waals surface area contributed by atoms with E-state index in [0.29, 0.717) is 30.1 Å². The van der Waals surface area contributed by atoms with Crippen LogP contribution in [0.5, 0.6) is 11.5 Å². The van der Waals surface area contributed by atoms with Gasteiger partial charge in [-0.3, -0.25) is 9.69 Å². The number of urea groups is 1. The minimum absolute atomic E-state index is 0.0893. The molecule has 184 valence electrons. The van der Waals surface area contributed by atoms with Crippen LogP contribution >= 0.6 is 15.9 Å². The molecule has 1 N–H and O–H groups in total. The number of allylic oxidation sites excluding steroid dienone is 1. The van der Waals surface area contributed by atoms with E-state index in [1.54, 1.807) is 30.4 Å². The number of carbonyl (C=O) groups excluding carboxylic acids is 2. The molecule has 3 aromatic carbocycles. The van der Waals surface area contributed by atoms with Crippen molar-refractivity contribution in [2.75, 3.05) is 7.11 Å². The lowest BCUT2D eigenvalue weighted by molar-refractivity contribution is -0.123. The zero-order valence-electron chi connectivity index (χ0n) is 19.6. The van der Waals surface area contributed by atoms with Crippen LogP contribution in [0.25, 0.3) is 6.08 Å². The summed E-state index contributed by atoms with van der Waals surface area (Å²) >= 11 is 3.42. The van der Waals surface area contributed by atoms with Crippen LogP contribution in [0, 0.1) is 5.82 Å². The maximum Gasteiger partial charge on any atom is 0.329 e. The first-order valence-electron chi connectivity index (χ1n) is 11.2. The highest BCUT2D eigenvalue weighted by molar-refractivity contribution is 9.10. The number of imide groups is 1. The quantitative estimate of drug-likeness (QED) is 0.201. The lowest BCUT2D eigenvalue weighted by atomic mass is 10.0. The molecule has 0 spiro atoms. The summed E-state index contributed by atoms with van der Waals surface area (Å²) in [4.78, 5) is 26.4. The number of amides is 3. The Morgan fingerprint density at radius 3 is 2.53 bits per heavy atom. The summed E-state index contributed by atoms with van der Waals surface area (Å²) in [5, 5.41) is 2.58. The Hall–Kier alpha value is -3.91. The SMILES string of the molecule is C=CCc1cc(/C=C2/NC(=O)N(Cc3ccccc3F)C2=O)cc(OC)c1OCc1ccc(Br)cc1. The molecule has 3 amide bonds. The molecule has 1 aliphatic heterocycles. The Balaban J connectivity index is 1.59. The second-order valence-corrected chi connectivity index (χ2v) is 9.01. The number of benzene rings is 3. The number of carbonyl (C=O) groups is 2. The molecule has 36 heavy (non-hydrogen) atoms. The Morgan fingerprint density at radius 1 is 1.08 bits per heavy atom. The number of nitrogens with zero attached hydrogens (tertiary/aromatic N) is 1. The number of halogens is 2. The van der Waals surface area contributed by atoms with Gasteiger partial charge in [0.15, 0.2) is 11.5 Å². The van der Waals surface area contributed by atoms with Crippen LogP contribution in [0.3, 0.4) is 0 Å². The van der Waals surface area contributed by atoms with Crippen molar-refractivity contribution in [1.82, 2.24) is 10.2 Å². The summed E-state index contributed by atoms with van der Waals surface area (Å²) in [5.41, 5.74) is 2.78. The molecule has 0 aliphatic carbocycles. The molecule has 1 saturated heterocycles. The van der Waals surface area contributed by atoms with E-state index in [9.17, 15) is 14.0 Å². The first-order valence-corrected chi connectivity index (χ1v) is 12.0. The number of methoxy groups -OCH3 is 1. The summed E-state index contributed by atoms with van der Waals surface area (Å²) in [6, 6.07) is 16.8. The van der Waals surface area contributed by atoms with E-state index in [2.05, 4.69) is 27.8 Å². The second kappa shape index (κ2) is 11.2. The summed E-state index contributed by atoms with van der Waals surface area (Å²) < 4.78 is 26.7. The van der Waals surface area contributed by atoms with Crippen LogP contribution < -0.4 is 14.8 Å². The Bertz CT molecular complexity index is 1340. The van der Waals surface area contributed by atoms with Gasteiger partial charge in [-0.15, -0.1) is 6.58 Å². The van der Waals surface area contributed by atoms with Gasteiger partial charge in [0.2, 0.25) is 0 Å². The van der Waals surface area contributed by atoms with E-state index in [1.807, 2.05) is 30.3 Å². The molecule has 6 nitrogen and oxygen atoms in total. The van der Waals surface area contributed by atoms with Gasteiger partial charge < -0.3 is 14.8 Å². The Morgan fingerprint density at radius 2 is 1.83 bits per heavy atom. The fourth-order valence-corrected chi connectivity index (χ4v) is 4.07. The van der Waals surface area contributed by atoms with Gasteiger partial charge in [0.1, 0.15) is 18.1 Å². The first-order chi connectivity index (χ1) is 17.4. The van der Waals surface area contributed by atoms with Gasteiger partial charge in [-0.05, 0) is 54.0 Å². The molecule has 1 aliphatic rings. The molecule has 4 rings (SSSR count). The van der Waals surface area contributed by atoms with Gasteiger partial charge in [0, 0.05) is 15.6 Å². The summed E-state index contributed by atoms with van der Waals surface area (Å²) in [7, 11) is 1.54. The lowest BCUT2D eigenvalue weighted by Crippen LogP contribution is -2.30. The molecule has 0 saturated carbocycles. The van der Waals surface area contributed by atoms with E-state index < -0.39 is 17.8 Å². The van der Waals surface area contributed by atoms with Crippen molar-refractivity contribution >= 4 is 33.9 Å². The fourth-order valence-electron chi connectivity index (χ4n) is 3.80.